The first-order valence-electron chi connectivity index (χ1n) is 17.4. The fourth-order valence-electron chi connectivity index (χ4n) is 8.28. The molecule has 0 spiro atoms. The molecule has 0 bridgehead atoms. The highest BCUT2D eigenvalue weighted by atomic mass is 32.1. The highest BCUT2D eigenvalue weighted by Crippen LogP contribution is 2.46. The van der Waals surface area contributed by atoms with Gasteiger partial charge in [0.2, 0.25) is 0 Å². The highest BCUT2D eigenvalue weighted by Gasteiger charge is 2.22. The van der Waals surface area contributed by atoms with E-state index in [9.17, 15) is 0 Å². The molecule has 0 aliphatic rings. The Balaban J connectivity index is 1.25. The van der Waals surface area contributed by atoms with Gasteiger partial charge in [-0.3, -0.25) is 0 Å². The average molecular weight is 667 g/mol. The van der Waals surface area contributed by atoms with Crippen LogP contribution in [0.3, 0.4) is 0 Å². The molecule has 0 aliphatic heterocycles. The zero-order valence-corrected chi connectivity index (χ0v) is 28.4. The van der Waals surface area contributed by atoms with Crippen molar-refractivity contribution >= 4 is 75.1 Å². The van der Waals surface area contributed by atoms with Crippen molar-refractivity contribution in [3.05, 3.63) is 182 Å². The van der Waals surface area contributed by atoms with Crippen LogP contribution in [0.5, 0.6) is 0 Å². The Hall–Kier alpha value is -6.42. The number of nitrogens with zero attached hydrogens (tertiary/aromatic N) is 2. The lowest BCUT2D eigenvalue weighted by Crippen LogP contribution is -2.00. The lowest BCUT2D eigenvalue weighted by atomic mass is 9.99. The molecule has 0 N–H and O–H groups in total. The SMILES string of the molecule is c1ccc(-c2cccc(-c3cccc(-n4c5ccc6c7ccccc7sc6c5c5cccc(-n6c7ccccc7c7ccccc76)c54)c3)c2)cc1. The predicted molar refractivity (Wildman–Crippen MR) is 219 cm³/mol. The molecule has 0 atom stereocenters. The monoisotopic (exact) mass is 666 g/mol. The van der Waals surface area contributed by atoms with Crippen molar-refractivity contribution in [3.8, 4) is 33.6 Å². The van der Waals surface area contributed by atoms with Crippen molar-refractivity contribution < 1.29 is 0 Å². The molecule has 3 aromatic heterocycles. The van der Waals surface area contributed by atoms with Crippen LogP contribution in [0.15, 0.2) is 182 Å². The molecule has 0 radical (unpaired) electrons. The maximum absolute atomic E-state index is 2.51. The highest BCUT2D eigenvalue weighted by molar-refractivity contribution is 7.26. The maximum atomic E-state index is 2.51. The van der Waals surface area contributed by atoms with E-state index in [0.29, 0.717) is 0 Å². The van der Waals surface area contributed by atoms with Crippen LogP contribution in [0.1, 0.15) is 0 Å². The maximum Gasteiger partial charge on any atom is 0.0782 e. The lowest BCUT2D eigenvalue weighted by molar-refractivity contribution is 1.13. The summed E-state index contributed by atoms with van der Waals surface area (Å²) >= 11 is 1.90. The Labute approximate surface area is 298 Å². The van der Waals surface area contributed by atoms with E-state index in [1.807, 2.05) is 11.3 Å². The molecule has 3 heteroatoms. The number of aromatic nitrogens is 2. The molecular formula is C48H30N2S. The third-order valence-corrected chi connectivity index (χ3v) is 11.7. The van der Waals surface area contributed by atoms with Crippen molar-refractivity contribution in [1.29, 1.82) is 0 Å². The Morgan fingerprint density at radius 3 is 1.73 bits per heavy atom. The van der Waals surface area contributed by atoms with Gasteiger partial charge in [0, 0.05) is 47.4 Å². The fraction of sp³-hybridized carbons (Fsp3) is 0. The molecule has 11 rings (SSSR count). The normalized spacial score (nSPS) is 11.9. The lowest BCUT2D eigenvalue weighted by Gasteiger charge is -2.15. The van der Waals surface area contributed by atoms with Crippen molar-refractivity contribution in [2.75, 3.05) is 0 Å². The zero-order valence-electron chi connectivity index (χ0n) is 27.6. The van der Waals surface area contributed by atoms with Crippen LogP contribution in [0.25, 0.3) is 97.4 Å². The Kier molecular flexibility index (Phi) is 6.16. The van der Waals surface area contributed by atoms with Crippen LogP contribution in [0.4, 0.5) is 0 Å². The van der Waals surface area contributed by atoms with Crippen molar-refractivity contribution in [2.24, 2.45) is 0 Å². The minimum Gasteiger partial charge on any atom is -0.307 e. The molecule has 2 nitrogen and oxygen atoms in total. The van der Waals surface area contributed by atoms with E-state index in [1.165, 1.54) is 91.7 Å². The van der Waals surface area contributed by atoms with E-state index in [0.717, 1.165) is 5.69 Å². The van der Waals surface area contributed by atoms with E-state index >= 15 is 0 Å². The predicted octanol–water partition coefficient (Wildman–Crippen LogP) is 13.6. The number of rotatable bonds is 4. The van der Waals surface area contributed by atoms with Crippen LogP contribution in [-0.2, 0) is 0 Å². The summed E-state index contributed by atoms with van der Waals surface area (Å²) in [5.41, 5.74) is 12.0. The van der Waals surface area contributed by atoms with Gasteiger partial charge in [0.1, 0.15) is 0 Å². The van der Waals surface area contributed by atoms with Gasteiger partial charge in [0.15, 0.2) is 0 Å². The van der Waals surface area contributed by atoms with E-state index < -0.39 is 0 Å². The second kappa shape index (κ2) is 11.0. The second-order valence-corrected chi connectivity index (χ2v) is 14.4. The van der Waals surface area contributed by atoms with Gasteiger partial charge in [-0.2, -0.15) is 0 Å². The molecule has 238 valence electrons. The summed E-state index contributed by atoms with van der Waals surface area (Å²) in [7, 11) is 0. The third-order valence-electron chi connectivity index (χ3n) is 10.5. The van der Waals surface area contributed by atoms with E-state index in [1.54, 1.807) is 0 Å². The molecule has 0 saturated heterocycles. The van der Waals surface area contributed by atoms with Crippen molar-refractivity contribution in [1.82, 2.24) is 9.13 Å². The molecule has 51 heavy (non-hydrogen) atoms. The summed E-state index contributed by atoms with van der Waals surface area (Å²) in [5, 5.41) is 7.73. The van der Waals surface area contributed by atoms with Crippen LogP contribution in [0, 0.1) is 0 Å². The number of benzene rings is 8. The summed E-state index contributed by atoms with van der Waals surface area (Å²) in [4.78, 5) is 0. The average Bonchev–Trinajstić information content (AvgIpc) is 3.86. The summed E-state index contributed by atoms with van der Waals surface area (Å²) in [6.45, 7) is 0. The number of hydrogen-bond acceptors (Lipinski definition) is 1. The van der Waals surface area contributed by atoms with Crippen LogP contribution < -0.4 is 0 Å². The van der Waals surface area contributed by atoms with E-state index in [-0.39, 0.29) is 0 Å². The van der Waals surface area contributed by atoms with Crippen LogP contribution in [-0.4, -0.2) is 9.13 Å². The molecule has 8 aromatic carbocycles. The first kappa shape index (κ1) is 28.4. The molecule has 0 aliphatic carbocycles. The molecule has 11 aromatic rings. The Morgan fingerprint density at radius 1 is 0.353 bits per heavy atom. The van der Waals surface area contributed by atoms with Crippen molar-refractivity contribution in [3.63, 3.8) is 0 Å². The third kappa shape index (κ3) is 4.22. The molecule has 0 unspecified atom stereocenters. The number of hydrogen-bond donors (Lipinski definition) is 0. The number of thiophene rings is 1. The molecule has 0 fully saturated rings. The van der Waals surface area contributed by atoms with Gasteiger partial charge in [-0.15, -0.1) is 11.3 Å². The molecule has 0 amide bonds. The van der Waals surface area contributed by atoms with E-state index in [4.69, 9.17) is 0 Å². The Morgan fingerprint density at radius 2 is 0.941 bits per heavy atom. The summed E-state index contributed by atoms with van der Waals surface area (Å²) < 4.78 is 7.64. The van der Waals surface area contributed by atoms with Gasteiger partial charge >= 0.3 is 0 Å². The smallest absolute Gasteiger partial charge is 0.0782 e. The van der Waals surface area contributed by atoms with Crippen LogP contribution >= 0.6 is 11.3 Å². The van der Waals surface area contributed by atoms with Crippen LogP contribution in [0.2, 0.25) is 0 Å². The van der Waals surface area contributed by atoms with E-state index in [2.05, 4.69) is 191 Å². The summed E-state index contributed by atoms with van der Waals surface area (Å²) in [6, 6.07) is 66.6. The van der Waals surface area contributed by atoms with Gasteiger partial charge < -0.3 is 9.13 Å². The molecule has 3 heterocycles. The fourth-order valence-corrected chi connectivity index (χ4v) is 9.54. The molecule has 0 saturated carbocycles. The van der Waals surface area contributed by atoms with Gasteiger partial charge in [-0.25, -0.2) is 0 Å². The minimum absolute atomic E-state index is 1.14. The number of fused-ring (bicyclic) bond motifs is 10. The molecular weight excluding hydrogens is 637 g/mol. The van der Waals surface area contributed by atoms with Gasteiger partial charge in [0.05, 0.1) is 27.8 Å². The first-order valence-corrected chi connectivity index (χ1v) is 18.3. The topological polar surface area (TPSA) is 9.86 Å². The minimum atomic E-state index is 1.14. The van der Waals surface area contributed by atoms with Gasteiger partial charge in [-0.1, -0.05) is 133 Å². The quantitative estimate of drug-likeness (QED) is 0.177. The summed E-state index contributed by atoms with van der Waals surface area (Å²) in [5.74, 6) is 0. The van der Waals surface area contributed by atoms with Gasteiger partial charge in [-0.05, 0) is 70.8 Å². The Bertz CT molecular complexity index is 3090. The summed E-state index contributed by atoms with van der Waals surface area (Å²) in [6.07, 6.45) is 0. The standard InChI is InChI=1S/C48H30N2S/c1-2-13-31(14-3-1)32-15-10-16-33(29-32)34-17-11-18-35(30-34)49-43-28-27-39-38-21-6-9-26-45(38)51-48(39)46(43)40-22-12-25-44(47(40)49)50-41-23-7-4-19-36(41)37-20-5-8-24-42(37)50/h1-30H. The zero-order chi connectivity index (χ0) is 33.5. The van der Waals surface area contributed by atoms with Crippen molar-refractivity contribution in [2.45, 2.75) is 0 Å². The second-order valence-electron chi connectivity index (χ2n) is 13.3. The number of para-hydroxylation sites is 3. The first-order chi connectivity index (χ1) is 25.3. The van der Waals surface area contributed by atoms with Gasteiger partial charge in [0.25, 0.3) is 0 Å². The largest absolute Gasteiger partial charge is 0.307 e.